The van der Waals surface area contributed by atoms with Crippen LogP contribution in [0.5, 0.6) is 0 Å². The highest BCUT2D eigenvalue weighted by Gasteiger charge is 2.18. The lowest BCUT2D eigenvalue weighted by Crippen LogP contribution is -2.23. The van der Waals surface area contributed by atoms with Crippen LogP contribution in [0.25, 0.3) is 0 Å². The second-order valence-electron chi connectivity index (χ2n) is 4.73. The van der Waals surface area contributed by atoms with E-state index in [1.807, 2.05) is 6.92 Å². The zero-order chi connectivity index (χ0) is 12.1. The van der Waals surface area contributed by atoms with E-state index in [1.165, 1.54) is 18.4 Å². The molecule has 0 fully saturated rings. The molecule has 0 amide bonds. The van der Waals surface area contributed by atoms with E-state index >= 15 is 0 Å². The Morgan fingerprint density at radius 1 is 1.31 bits per heavy atom. The largest absolute Gasteiger partial charge is 0.466 e. The lowest BCUT2D eigenvalue weighted by Gasteiger charge is -2.20. The summed E-state index contributed by atoms with van der Waals surface area (Å²) in [6.45, 7) is 11.8. The average molecular weight is 223 g/mol. The van der Waals surface area contributed by atoms with Crippen molar-refractivity contribution >= 4 is 0 Å². The summed E-state index contributed by atoms with van der Waals surface area (Å²) in [4.78, 5) is 0. The molecular weight excluding hydrogens is 198 g/mol. The van der Waals surface area contributed by atoms with Gasteiger partial charge in [0.15, 0.2) is 0 Å². The topological polar surface area (TPSA) is 25.2 Å². The Balaban J connectivity index is 2.80. The van der Waals surface area contributed by atoms with Gasteiger partial charge >= 0.3 is 0 Å². The van der Waals surface area contributed by atoms with Crippen molar-refractivity contribution in [1.82, 2.24) is 5.32 Å². The number of rotatable bonds is 6. The maximum Gasteiger partial charge on any atom is 0.105 e. The molecule has 1 N–H and O–H groups in total. The van der Waals surface area contributed by atoms with Crippen LogP contribution in [-0.2, 0) is 0 Å². The van der Waals surface area contributed by atoms with Gasteiger partial charge in [-0.15, -0.1) is 0 Å². The smallest absolute Gasteiger partial charge is 0.105 e. The second kappa shape index (κ2) is 6.09. The molecule has 16 heavy (non-hydrogen) atoms. The molecule has 0 bridgehead atoms. The van der Waals surface area contributed by atoms with Crippen LogP contribution in [-0.4, -0.2) is 6.54 Å². The fourth-order valence-electron chi connectivity index (χ4n) is 2.13. The van der Waals surface area contributed by atoms with E-state index in [0.717, 1.165) is 24.0 Å². The highest BCUT2D eigenvalue weighted by molar-refractivity contribution is 5.24. The number of hydrogen-bond donors (Lipinski definition) is 1. The summed E-state index contributed by atoms with van der Waals surface area (Å²) in [6, 6.07) is 2.61. The van der Waals surface area contributed by atoms with E-state index < -0.39 is 0 Å². The minimum Gasteiger partial charge on any atom is -0.466 e. The summed E-state index contributed by atoms with van der Waals surface area (Å²) in [5.74, 6) is 2.82. The van der Waals surface area contributed by atoms with E-state index in [1.54, 1.807) is 0 Å². The van der Waals surface area contributed by atoms with Gasteiger partial charge < -0.3 is 9.73 Å². The molecule has 0 saturated heterocycles. The van der Waals surface area contributed by atoms with Gasteiger partial charge in [0.25, 0.3) is 0 Å². The number of aryl methyl sites for hydroxylation is 2. The zero-order valence-electron chi connectivity index (χ0n) is 11.3. The maximum absolute atomic E-state index is 5.62. The third-order valence-corrected chi connectivity index (χ3v) is 3.24. The van der Waals surface area contributed by atoms with Crippen LogP contribution in [0.15, 0.2) is 10.5 Å². The van der Waals surface area contributed by atoms with Gasteiger partial charge in [0.1, 0.15) is 11.5 Å². The first-order chi connectivity index (χ1) is 7.58. The van der Waals surface area contributed by atoms with Gasteiger partial charge in [-0.2, -0.15) is 0 Å². The third-order valence-electron chi connectivity index (χ3n) is 3.24. The highest BCUT2D eigenvalue weighted by atomic mass is 16.3. The Hall–Kier alpha value is -0.760. The average Bonchev–Trinajstić information content (AvgIpc) is 2.57. The summed E-state index contributed by atoms with van der Waals surface area (Å²) in [5.41, 5.74) is 1.33. The molecule has 0 radical (unpaired) electrons. The van der Waals surface area contributed by atoms with Gasteiger partial charge in [-0.1, -0.05) is 27.2 Å². The van der Waals surface area contributed by atoms with Crippen LogP contribution >= 0.6 is 0 Å². The molecule has 2 nitrogen and oxygen atoms in total. The van der Waals surface area contributed by atoms with Crippen molar-refractivity contribution in [3.05, 3.63) is 23.2 Å². The van der Waals surface area contributed by atoms with Crippen LogP contribution in [0, 0.1) is 19.8 Å². The van der Waals surface area contributed by atoms with Gasteiger partial charge in [0.05, 0.1) is 0 Å². The lowest BCUT2D eigenvalue weighted by atomic mass is 9.94. The third kappa shape index (κ3) is 3.38. The minimum absolute atomic E-state index is 0.442. The van der Waals surface area contributed by atoms with Crippen LogP contribution < -0.4 is 5.32 Å². The van der Waals surface area contributed by atoms with Gasteiger partial charge in [-0.3, -0.25) is 0 Å². The van der Waals surface area contributed by atoms with Crippen molar-refractivity contribution in [3.63, 3.8) is 0 Å². The molecule has 1 aromatic heterocycles. The molecule has 0 aliphatic heterocycles. The van der Waals surface area contributed by atoms with Crippen molar-refractivity contribution < 1.29 is 4.42 Å². The van der Waals surface area contributed by atoms with Gasteiger partial charge in [-0.25, -0.2) is 0 Å². The first-order valence-electron chi connectivity index (χ1n) is 6.38. The molecule has 0 saturated carbocycles. The molecule has 1 heterocycles. The van der Waals surface area contributed by atoms with Crippen LogP contribution in [0.4, 0.5) is 0 Å². The van der Waals surface area contributed by atoms with Crippen molar-refractivity contribution in [2.24, 2.45) is 5.92 Å². The maximum atomic E-state index is 5.62. The first-order valence-corrected chi connectivity index (χ1v) is 6.38. The molecule has 0 aromatic carbocycles. The molecule has 2 heteroatoms. The molecule has 0 aliphatic carbocycles. The molecule has 2 unspecified atom stereocenters. The Morgan fingerprint density at radius 3 is 2.44 bits per heavy atom. The Morgan fingerprint density at radius 2 is 2.00 bits per heavy atom. The van der Waals surface area contributed by atoms with Crippen LogP contribution in [0.1, 0.15) is 56.7 Å². The normalized spacial score (nSPS) is 15.1. The molecule has 92 valence electrons. The number of furan rings is 1. The van der Waals surface area contributed by atoms with E-state index in [4.69, 9.17) is 4.42 Å². The standard InChI is InChI=1S/C14H25NO/c1-6-10(3)8-14(15-7-2)13-9-11(4)16-12(13)5/h9-10,14-15H,6-8H2,1-5H3. The SMILES string of the molecule is CCNC(CC(C)CC)c1cc(C)oc1C. The molecule has 1 rings (SSSR count). The minimum atomic E-state index is 0.442. The van der Waals surface area contributed by atoms with E-state index in [2.05, 4.69) is 39.1 Å². The summed E-state index contributed by atoms with van der Waals surface area (Å²) < 4.78 is 5.62. The lowest BCUT2D eigenvalue weighted by molar-refractivity contribution is 0.401. The zero-order valence-corrected chi connectivity index (χ0v) is 11.3. The van der Waals surface area contributed by atoms with Crippen molar-refractivity contribution in [2.45, 2.75) is 53.5 Å². The summed E-state index contributed by atoms with van der Waals surface area (Å²) in [6.07, 6.45) is 2.42. The van der Waals surface area contributed by atoms with E-state index in [0.29, 0.717) is 6.04 Å². The molecule has 0 spiro atoms. The highest BCUT2D eigenvalue weighted by Crippen LogP contribution is 2.27. The second-order valence-corrected chi connectivity index (χ2v) is 4.73. The fourth-order valence-corrected chi connectivity index (χ4v) is 2.13. The Bertz CT molecular complexity index is 317. The van der Waals surface area contributed by atoms with Gasteiger partial charge in [0, 0.05) is 11.6 Å². The number of nitrogens with one attached hydrogen (secondary N) is 1. The van der Waals surface area contributed by atoms with Crippen molar-refractivity contribution in [3.8, 4) is 0 Å². The summed E-state index contributed by atoms with van der Waals surface area (Å²) in [7, 11) is 0. The summed E-state index contributed by atoms with van der Waals surface area (Å²) in [5, 5.41) is 3.56. The fraction of sp³-hybridized carbons (Fsp3) is 0.714. The monoisotopic (exact) mass is 223 g/mol. The predicted molar refractivity (Wildman–Crippen MR) is 68.7 cm³/mol. The van der Waals surface area contributed by atoms with Crippen LogP contribution in [0.3, 0.4) is 0 Å². The Kier molecular flexibility index (Phi) is 5.07. The first kappa shape index (κ1) is 13.3. The van der Waals surface area contributed by atoms with Crippen LogP contribution in [0.2, 0.25) is 0 Å². The van der Waals surface area contributed by atoms with Crippen molar-refractivity contribution in [2.75, 3.05) is 6.54 Å². The Labute approximate surface area is 99.4 Å². The van der Waals surface area contributed by atoms with Gasteiger partial charge in [-0.05, 0) is 38.8 Å². The van der Waals surface area contributed by atoms with E-state index in [-0.39, 0.29) is 0 Å². The van der Waals surface area contributed by atoms with Crippen molar-refractivity contribution in [1.29, 1.82) is 0 Å². The predicted octanol–water partition coefficient (Wildman–Crippen LogP) is 3.98. The summed E-state index contributed by atoms with van der Waals surface area (Å²) >= 11 is 0. The molecule has 0 aliphatic rings. The quantitative estimate of drug-likeness (QED) is 0.789. The molecule has 2 atom stereocenters. The number of hydrogen-bond acceptors (Lipinski definition) is 2. The van der Waals surface area contributed by atoms with E-state index in [9.17, 15) is 0 Å². The molecular formula is C14H25NO. The molecule has 1 aromatic rings. The van der Waals surface area contributed by atoms with Gasteiger partial charge in [0.2, 0.25) is 0 Å².